The fraction of sp³-hybridized carbons (Fsp3) is 0.400. The van der Waals surface area contributed by atoms with Crippen molar-refractivity contribution in [3.8, 4) is 6.07 Å². The maximum absolute atomic E-state index is 8.82. The third-order valence-electron chi connectivity index (χ3n) is 1.89. The molecule has 14 heavy (non-hydrogen) atoms. The second-order valence-electron chi connectivity index (χ2n) is 3.20. The second kappa shape index (κ2) is 5.20. The van der Waals surface area contributed by atoms with Crippen molar-refractivity contribution in [2.45, 2.75) is 6.92 Å². The Morgan fingerprint density at radius 3 is 3.14 bits per heavy atom. The maximum Gasteiger partial charge on any atom is 0.101 e. The molecule has 1 atom stereocenters. The van der Waals surface area contributed by atoms with Crippen LogP contribution in [0.5, 0.6) is 0 Å². The zero-order valence-electron chi connectivity index (χ0n) is 8.07. The highest BCUT2D eigenvalue weighted by atomic mass is 16.3. The van der Waals surface area contributed by atoms with Crippen LogP contribution >= 0.6 is 0 Å². The van der Waals surface area contributed by atoms with Gasteiger partial charge in [-0.2, -0.15) is 5.26 Å². The van der Waals surface area contributed by atoms with Crippen molar-refractivity contribution in [3.05, 3.63) is 24.0 Å². The van der Waals surface area contributed by atoms with Gasteiger partial charge in [0.25, 0.3) is 0 Å². The minimum atomic E-state index is 0.134. The van der Waals surface area contributed by atoms with Crippen LogP contribution in [0.15, 0.2) is 18.5 Å². The van der Waals surface area contributed by atoms with Crippen molar-refractivity contribution >= 4 is 5.69 Å². The highest BCUT2D eigenvalue weighted by Gasteiger charge is 2.03. The second-order valence-corrected chi connectivity index (χ2v) is 3.20. The van der Waals surface area contributed by atoms with Gasteiger partial charge >= 0.3 is 0 Å². The molecule has 1 aromatic heterocycles. The third-order valence-corrected chi connectivity index (χ3v) is 1.89. The molecule has 0 aliphatic heterocycles. The Morgan fingerprint density at radius 2 is 2.50 bits per heavy atom. The summed E-state index contributed by atoms with van der Waals surface area (Å²) in [7, 11) is 0. The van der Waals surface area contributed by atoms with Gasteiger partial charge in [-0.15, -0.1) is 0 Å². The van der Waals surface area contributed by atoms with E-state index < -0.39 is 0 Å². The highest BCUT2D eigenvalue weighted by Crippen LogP contribution is 2.11. The Balaban J connectivity index is 2.63. The van der Waals surface area contributed by atoms with Crippen molar-refractivity contribution in [3.63, 3.8) is 0 Å². The molecule has 0 aliphatic rings. The van der Waals surface area contributed by atoms with Crippen LogP contribution in [0, 0.1) is 17.2 Å². The van der Waals surface area contributed by atoms with Crippen molar-refractivity contribution in [2.24, 2.45) is 5.92 Å². The van der Waals surface area contributed by atoms with Crippen LogP contribution in [0.25, 0.3) is 0 Å². The SMILES string of the molecule is CC(CO)CNc1cnccc1C#N. The lowest BCUT2D eigenvalue weighted by Crippen LogP contribution is -2.15. The van der Waals surface area contributed by atoms with Gasteiger partial charge in [0, 0.05) is 19.3 Å². The minimum Gasteiger partial charge on any atom is -0.396 e. The molecule has 0 aromatic carbocycles. The van der Waals surface area contributed by atoms with E-state index in [1.165, 1.54) is 0 Å². The van der Waals surface area contributed by atoms with E-state index in [-0.39, 0.29) is 12.5 Å². The van der Waals surface area contributed by atoms with Gasteiger partial charge in [0.15, 0.2) is 0 Å². The molecule has 1 unspecified atom stereocenters. The molecule has 0 saturated heterocycles. The number of hydrogen-bond acceptors (Lipinski definition) is 4. The van der Waals surface area contributed by atoms with E-state index in [0.717, 1.165) is 5.69 Å². The molecule has 1 rings (SSSR count). The highest BCUT2D eigenvalue weighted by molar-refractivity contribution is 5.55. The molecule has 74 valence electrons. The van der Waals surface area contributed by atoms with Gasteiger partial charge in [-0.3, -0.25) is 4.98 Å². The number of rotatable bonds is 4. The number of hydrogen-bond donors (Lipinski definition) is 2. The van der Waals surface area contributed by atoms with E-state index in [1.807, 2.05) is 6.92 Å². The number of nitrogens with zero attached hydrogens (tertiary/aromatic N) is 2. The third kappa shape index (κ3) is 2.71. The molecule has 0 fully saturated rings. The number of pyridine rings is 1. The molecule has 0 bridgehead atoms. The minimum absolute atomic E-state index is 0.134. The van der Waals surface area contributed by atoms with Gasteiger partial charge in [0.2, 0.25) is 0 Å². The number of aliphatic hydroxyl groups excluding tert-OH is 1. The van der Waals surface area contributed by atoms with Gasteiger partial charge in [-0.1, -0.05) is 6.92 Å². The molecule has 0 radical (unpaired) electrons. The smallest absolute Gasteiger partial charge is 0.101 e. The lowest BCUT2D eigenvalue weighted by molar-refractivity contribution is 0.244. The van der Waals surface area contributed by atoms with Crippen LogP contribution in [0.1, 0.15) is 12.5 Å². The van der Waals surface area contributed by atoms with Crippen LogP contribution in [-0.2, 0) is 0 Å². The number of aromatic nitrogens is 1. The van der Waals surface area contributed by atoms with Crippen molar-refractivity contribution in [2.75, 3.05) is 18.5 Å². The standard InChI is InChI=1S/C10H13N3O/c1-8(7-14)5-13-10-6-12-3-2-9(10)4-11/h2-3,6,8,13-14H,5,7H2,1H3. The van der Waals surface area contributed by atoms with Crippen LogP contribution in [0.3, 0.4) is 0 Å². The van der Waals surface area contributed by atoms with Crippen molar-refractivity contribution in [1.29, 1.82) is 5.26 Å². The van der Waals surface area contributed by atoms with Gasteiger partial charge in [-0.25, -0.2) is 0 Å². The van der Waals surface area contributed by atoms with Crippen molar-refractivity contribution < 1.29 is 5.11 Å². The van der Waals surface area contributed by atoms with Gasteiger partial charge in [0.1, 0.15) is 6.07 Å². The zero-order valence-corrected chi connectivity index (χ0v) is 8.07. The molecule has 2 N–H and O–H groups in total. The quantitative estimate of drug-likeness (QED) is 0.744. The van der Waals surface area contributed by atoms with E-state index >= 15 is 0 Å². The first-order valence-corrected chi connectivity index (χ1v) is 4.46. The molecule has 0 spiro atoms. The zero-order chi connectivity index (χ0) is 10.4. The Morgan fingerprint density at radius 1 is 1.71 bits per heavy atom. The van der Waals surface area contributed by atoms with Crippen LogP contribution in [0.4, 0.5) is 5.69 Å². The monoisotopic (exact) mass is 191 g/mol. The van der Waals surface area contributed by atoms with Gasteiger partial charge < -0.3 is 10.4 Å². The van der Waals surface area contributed by atoms with E-state index in [2.05, 4.69) is 16.4 Å². The van der Waals surface area contributed by atoms with E-state index in [1.54, 1.807) is 18.5 Å². The van der Waals surface area contributed by atoms with Gasteiger partial charge in [-0.05, 0) is 12.0 Å². The van der Waals surface area contributed by atoms with E-state index in [4.69, 9.17) is 10.4 Å². The first-order chi connectivity index (χ1) is 6.77. The molecule has 0 aliphatic carbocycles. The molecule has 0 amide bonds. The molecular formula is C10H13N3O. The largest absolute Gasteiger partial charge is 0.396 e. The summed E-state index contributed by atoms with van der Waals surface area (Å²) < 4.78 is 0. The Bertz CT molecular complexity index is 332. The predicted octanol–water partition coefficient (Wildman–Crippen LogP) is 0.994. The summed E-state index contributed by atoms with van der Waals surface area (Å²) in [6.45, 7) is 2.70. The summed E-state index contributed by atoms with van der Waals surface area (Å²) in [6.07, 6.45) is 3.20. The Hall–Kier alpha value is -1.60. The number of nitrogens with one attached hydrogen (secondary N) is 1. The maximum atomic E-state index is 8.82. The Kier molecular flexibility index (Phi) is 3.89. The summed E-state index contributed by atoms with van der Waals surface area (Å²) in [4.78, 5) is 3.92. The average Bonchev–Trinajstić information content (AvgIpc) is 2.26. The van der Waals surface area contributed by atoms with Crippen molar-refractivity contribution in [1.82, 2.24) is 4.98 Å². The van der Waals surface area contributed by atoms with E-state index in [0.29, 0.717) is 12.1 Å². The molecule has 4 heteroatoms. The van der Waals surface area contributed by atoms with Crippen LogP contribution in [0.2, 0.25) is 0 Å². The first-order valence-electron chi connectivity index (χ1n) is 4.46. The lowest BCUT2D eigenvalue weighted by atomic mass is 10.2. The summed E-state index contributed by atoms with van der Waals surface area (Å²) in [5, 5.41) is 20.7. The predicted molar refractivity (Wildman–Crippen MR) is 53.7 cm³/mol. The summed E-state index contributed by atoms with van der Waals surface area (Å²) in [5.74, 6) is 0.168. The number of anilines is 1. The van der Waals surface area contributed by atoms with Gasteiger partial charge in [0.05, 0.1) is 17.4 Å². The Labute approximate surface area is 83.2 Å². The number of aliphatic hydroxyl groups is 1. The normalized spacial score (nSPS) is 11.8. The van der Waals surface area contributed by atoms with Crippen LogP contribution < -0.4 is 5.32 Å². The first kappa shape index (κ1) is 10.5. The molecule has 1 heterocycles. The average molecular weight is 191 g/mol. The summed E-state index contributed by atoms with van der Waals surface area (Å²) in [6, 6.07) is 3.73. The molecular weight excluding hydrogens is 178 g/mol. The molecule has 4 nitrogen and oxygen atoms in total. The van der Waals surface area contributed by atoms with Crippen LogP contribution in [-0.4, -0.2) is 23.2 Å². The topological polar surface area (TPSA) is 68.9 Å². The van der Waals surface area contributed by atoms with E-state index in [9.17, 15) is 0 Å². The molecule has 0 saturated carbocycles. The fourth-order valence-corrected chi connectivity index (χ4v) is 0.982. The summed E-state index contributed by atoms with van der Waals surface area (Å²) in [5.41, 5.74) is 1.29. The summed E-state index contributed by atoms with van der Waals surface area (Å²) >= 11 is 0. The fourth-order valence-electron chi connectivity index (χ4n) is 0.982. The molecule has 1 aromatic rings. The lowest BCUT2D eigenvalue weighted by Gasteiger charge is -2.11. The number of nitriles is 1.